The molecule has 6 nitrogen and oxygen atoms in total. The van der Waals surface area contributed by atoms with Crippen LogP contribution in [0.1, 0.15) is 12.5 Å². The maximum Gasteiger partial charge on any atom is 0.182 e. The normalized spacial score (nSPS) is 12.6. The maximum atomic E-state index is 5.90. The quantitative estimate of drug-likeness (QED) is 0.823. The highest BCUT2D eigenvalue weighted by atomic mass is 16.5. The van der Waals surface area contributed by atoms with E-state index in [-0.39, 0.29) is 6.10 Å². The second kappa shape index (κ2) is 5.14. The summed E-state index contributed by atoms with van der Waals surface area (Å²) < 4.78 is 6.96. The van der Waals surface area contributed by atoms with Gasteiger partial charge in [-0.1, -0.05) is 12.1 Å². The van der Waals surface area contributed by atoms with E-state index in [9.17, 15) is 0 Å². The first kappa shape index (κ1) is 12.5. The number of rotatable bonds is 4. The van der Waals surface area contributed by atoms with Crippen molar-refractivity contribution in [2.75, 3.05) is 12.8 Å². The molecule has 0 spiro atoms. The number of nitrogen functional groups attached to an aromatic ring is 1. The number of tetrazole rings is 1. The van der Waals surface area contributed by atoms with E-state index in [0.717, 1.165) is 16.8 Å². The lowest BCUT2D eigenvalue weighted by Gasteiger charge is -2.12. The van der Waals surface area contributed by atoms with Crippen LogP contribution < -0.4 is 5.73 Å². The Morgan fingerprint density at radius 1 is 1.44 bits per heavy atom. The minimum atomic E-state index is 0.0496. The summed E-state index contributed by atoms with van der Waals surface area (Å²) in [7, 11) is 1.67. The van der Waals surface area contributed by atoms with E-state index in [1.165, 1.54) is 0 Å². The lowest BCUT2D eigenvalue weighted by Crippen LogP contribution is -2.17. The van der Waals surface area contributed by atoms with Crippen LogP contribution >= 0.6 is 0 Å². The molecule has 6 heteroatoms. The molecule has 1 aromatic carbocycles. The van der Waals surface area contributed by atoms with Gasteiger partial charge in [-0.3, -0.25) is 0 Å². The third-order valence-corrected chi connectivity index (χ3v) is 2.98. The van der Waals surface area contributed by atoms with Gasteiger partial charge in [-0.25, -0.2) is 4.68 Å². The zero-order valence-electron chi connectivity index (χ0n) is 10.8. The van der Waals surface area contributed by atoms with Gasteiger partial charge in [0.2, 0.25) is 0 Å². The summed E-state index contributed by atoms with van der Waals surface area (Å²) >= 11 is 0. The lowest BCUT2D eigenvalue weighted by molar-refractivity contribution is 0.0997. The van der Waals surface area contributed by atoms with Gasteiger partial charge in [-0.05, 0) is 35.9 Å². The van der Waals surface area contributed by atoms with Gasteiger partial charge < -0.3 is 10.5 Å². The molecule has 0 bridgehead atoms. The van der Waals surface area contributed by atoms with Crippen LogP contribution in [0.2, 0.25) is 0 Å². The highest BCUT2D eigenvalue weighted by Crippen LogP contribution is 2.24. The fourth-order valence-corrected chi connectivity index (χ4v) is 1.73. The minimum Gasteiger partial charge on any atom is -0.398 e. The van der Waals surface area contributed by atoms with Crippen LogP contribution in [0.4, 0.5) is 5.69 Å². The summed E-state index contributed by atoms with van der Waals surface area (Å²) in [6.07, 6.45) is 0.0496. The molecule has 1 unspecified atom stereocenters. The fourth-order valence-electron chi connectivity index (χ4n) is 1.73. The number of nitrogens with two attached hydrogens (primary N) is 1. The largest absolute Gasteiger partial charge is 0.398 e. The molecule has 0 fully saturated rings. The predicted molar refractivity (Wildman–Crippen MR) is 68.9 cm³/mol. The molecular formula is C12H17N5O. The van der Waals surface area contributed by atoms with Gasteiger partial charge in [0.25, 0.3) is 0 Å². The highest BCUT2D eigenvalue weighted by molar-refractivity contribution is 5.67. The molecule has 0 radical (unpaired) electrons. The van der Waals surface area contributed by atoms with Crippen molar-refractivity contribution in [1.29, 1.82) is 0 Å². The van der Waals surface area contributed by atoms with Crippen LogP contribution in [0.5, 0.6) is 0 Å². The summed E-state index contributed by atoms with van der Waals surface area (Å²) in [6.45, 7) is 4.54. The summed E-state index contributed by atoms with van der Waals surface area (Å²) in [5, 5.41) is 11.8. The van der Waals surface area contributed by atoms with Crippen LogP contribution in [0.25, 0.3) is 11.4 Å². The molecule has 2 N–H and O–H groups in total. The van der Waals surface area contributed by atoms with Crippen LogP contribution in [-0.4, -0.2) is 33.4 Å². The fraction of sp³-hybridized carbons (Fsp3) is 0.417. The molecule has 0 amide bonds. The molecule has 2 aromatic rings. The topological polar surface area (TPSA) is 78.8 Å². The Hall–Kier alpha value is -1.95. The van der Waals surface area contributed by atoms with E-state index in [1.54, 1.807) is 11.8 Å². The van der Waals surface area contributed by atoms with E-state index in [2.05, 4.69) is 15.5 Å². The monoisotopic (exact) mass is 247 g/mol. The van der Waals surface area contributed by atoms with Crippen molar-refractivity contribution in [3.8, 4) is 11.4 Å². The van der Waals surface area contributed by atoms with Gasteiger partial charge in [0.05, 0.1) is 12.6 Å². The number of methoxy groups -OCH3 is 1. The molecular weight excluding hydrogens is 230 g/mol. The number of hydrogen-bond donors (Lipinski definition) is 1. The van der Waals surface area contributed by atoms with Gasteiger partial charge >= 0.3 is 0 Å². The first-order chi connectivity index (χ1) is 8.63. The van der Waals surface area contributed by atoms with Crippen LogP contribution in [-0.2, 0) is 11.3 Å². The molecule has 0 saturated carbocycles. The summed E-state index contributed by atoms with van der Waals surface area (Å²) in [6, 6.07) is 5.73. The number of ether oxygens (including phenoxy) is 1. The Labute approximate surface area is 106 Å². The van der Waals surface area contributed by atoms with Gasteiger partial charge in [-0.2, -0.15) is 0 Å². The average molecular weight is 247 g/mol. The van der Waals surface area contributed by atoms with Gasteiger partial charge in [0.15, 0.2) is 5.82 Å². The summed E-state index contributed by atoms with van der Waals surface area (Å²) in [4.78, 5) is 0. The van der Waals surface area contributed by atoms with Crippen molar-refractivity contribution in [2.45, 2.75) is 26.5 Å². The Bertz CT molecular complexity index is 537. The van der Waals surface area contributed by atoms with Crippen molar-refractivity contribution < 1.29 is 4.74 Å². The van der Waals surface area contributed by atoms with Crippen molar-refractivity contribution in [2.24, 2.45) is 0 Å². The van der Waals surface area contributed by atoms with E-state index in [0.29, 0.717) is 12.4 Å². The Morgan fingerprint density at radius 3 is 2.94 bits per heavy atom. The molecule has 1 aromatic heterocycles. The van der Waals surface area contributed by atoms with Crippen LogP contribution in [0, 0.1) is 6.92 Å². The molecule has 2 rings (SSSR count). The van der Waals surface area contributed by atoms with Crippen molar-refractivity contribution in [3.63, 3.8) is 0 Å². The van der Waals surface area contributed by atoms with Gasteiger partial charge in [-0.15, -0.1) is 5.10 Å². The number of aromatic nitrogens is 4. The smallest absolute Gasteiger partial charge is 0.182 e. The standard InChI is InChI=1S/C12H17N5O/c1-8(18-3)7-17-12(14-15-16-17)10-5-4-6-11(13)9(10)2/h4-6,8H,7,13H2,1-3H3. The zero-order chi connectivity index (χ0) is 13.1. The van der Waals surface area contributed by atoms with Gasteiger partial charge in [0, 0.05) is 18.4 Å². The number of hydrogen-bond acceptors (Lipinski definition) is 5. The van der Waals surface area contributed by atoms with E-state index < -0.39 is 0 Å². The molecule has 96 valence electrons. The summed E-state index contributed by atoms with van der Waals surface area (Å²) in [5.41, 5.74) is 8.57. The predicted octanol–water partition coefficient (Wildman–Crippen LogP) is 1.27. The molecule has 0 aliphatic rings. The first-order valence-corrected chi connectivity index (χ1v) is 5.78. The molecule has 0 aliphatic carbocycles. The van der Waals surface area contributed by atoms with Crippen molar-refractivity contribution in [3.05, 3.63) is 23.8 Å². The molecule has 18 heavy (non-hydrogen) atoms. The van der Waals surface area contributed by atoms with Gasteiger partial charge in [0.1, 0.15) is 0 Å². The first-order valence-electron chi connectivity index (χ1n) is 5.78. The third-order valence-electron chi connectivity index (χ3n) is 2.98. The Kier molecular flexibility index (Phi) is 3.57. The lowest BCUT2D eigenvalue weighted by atomic mass is 10.1. The summed E-state index contributed by atoms with van der Waals surface area (Å²) in [5.74, 6) is 0.712. The SMILES string of the molecule is COC(C)Cn1nnnc1-c1cccc(N)c1C. The molecule has 1 heterocycles. The number of nitrogens with zero attached hydrogens (tertiary/aromatic N) is 4. The minimum absolute atomic E-state index is 0.0496. The maximum absolute atomic E-state index is 5.90. The van der Waals surface area contributed by atoms with Crippen LogP contribution in [0.15, 0.2) is 18.2 Å². The zero-order valence-corrected chi connectivity index (χ0v) is 10.8. The molecule has 0 saturated heterocycles. The van der Waals surface area contributed by atoms with Crippen molar-refractivity contribution >= 4 is 5.69 Å². The van der Waals surface area contributed by atoms with E-state index in [1.807, 2.05) is 32.0 Å². The Morgan fingerprint density at radius 2 is 2.22 bits per heavy atom. The van der Waals surface area contributed by atoms with Crippen LogP contribution in [0.3, 0.4) is 0 Å². The third kappa shape index (κ3) is 2.33. The second-order valence-corrected chi connectivity index (χ2v) is 4.25. The van der Waals surface area contributed by atoms with Crippen molar-refractivity contribution in [1.82, 2.24) is 20.2 Å². The Balaban J connectivity index is 2.39. The highest BCUT2D eigenvalue weighted by Gasteiger charge is 2.14. The molecule has 0 aliphatic heterocycles. The second-order valence-electron chi connectivity index (χ2n) is 4.25. The number of benzene rings is 1. The average Bonchev–Trinajstić information content (AvgIpc) is 2.80. The number of anilines is 1. The van der Waals surface area contributed by atoms with E-state index in [4.69, 9.17) is 10.5 Å². The molecule has 1 atom stereocenters. The van der Waals surface area contributed by atoms with E-state index >= 15 is 0 Å².